The molecule has 160 valence electrons. The van der Waals surface area contributed by atoms with Crippen molar-refractivity contribution in [3.05, 3.63) is 65.2 Å². The van der Waals surface area contributed by atoms with Crippen molar-refractivity contribution in [2.45, 2.75) is 52.0 Å². The third kappa shape index (κ3) is 5.92. The van der Waals surface area contributed by atoms with Crippen molar-refractivity contribution in [2.24, 2.45) is 11.7 Å². The summed E-state index contributed by atoms with van der Waals surface area (Å²) in [6.07, 6.45) is 2.81. The molecule has 3 N–H and O–H groups in total. The highest BCUT2D eigenvalue weighted by Gasteiger charge is 2.33. The van der Waals surface area contributed by atoms with Gasteiger partial charge in [-0.1, -0.05) is 45.0 Å². The molecule has 2 amide bonds. The maximum Gasteiger partial charge on any atom is 0.255 e. The molecule has 1 aliphatic rings. The molecular weight excluding hydrogens is 374 g/mol. The van der Waals surface area contributed by atoms with E-state index < -0.39 is 0 Å². The lowest BCUT2D eigenvalue weighted by Crippen LogP contribution is -2.33. The summed E-state index contributed by atoms with van der Waals surface area (Å²) in [6.45, 7) is 8.31. The second kappa shape index (κ2) is 9.43. The van der Waals surface area contributed by atoms with Gasteiger partial charge in [0.25, 0.3) is 5.91 Å². The molecule has 5 nitrogen and oxygen atoms in total. The summed E-state index contributed by atoms with van der Waals surface area (Å²) in [5, 5.41) is 2.95. The molecule has 2 aromatic rings. The van der Waals surface area contributed by atoms with Crippen LogP contribution in [0.25, 0.3) is 0 Å². The molecule has 0 atom stereocenters. The fourth-order valence-electron chi connectivity index (χ4n) is 3.38. The van der Waals surface area contributed by atoms with Crippen LogP contribution in [0.15, 0.2) is 48.5 Å². The van der Waals surface area contributed by atoms with Crippen LogP contribution in [0.1, 0.15) is 61.5 Å². The van der Waals surface area contributed by atoms with Crippen LogP contribution in [0.4, 0.5) is 5.69 Å². The van der Waals surface area contributed by atoms with Gasteiger partial charge in [0.2, 0.25) is 5.91 Å². The Morgan fingerprint density at radius 3 is 2.20 bits per heavy atom. The summed E-state index contributed by atoms with van der Waals surface area (Å²) in [7, 11) is 0. The topological polar surface area (TPSA) is 75.4 Å². The van der Waals surface area contributed by atoms with E-state index in [4.69, 9.17) is 5.73 Å². The quantitative estimate of drug-likeness (QED) is 0.684. The molecule has 0 unspecified atom stereocenters. The molecule has 0 aromatic heterocycles. The maximum absolute atomic E-state index is 12.6. The van der Waals surface area contributed by atoms with Gasteiger partial charge in [0.15, 0.2) is 0 Å². The zero-order valence-corrected chi connectivity index (χ0v) is 18.3. The Hall–Kier alpha value is -2.66. The smallest absolute Gasteiger partial charge is 0.255 e. The largest absolute Gasteiger partial charge is 0.338 e. The average Bonchev–Trinajstić information content (AvgIpc) is 3.56. The molecule has 0 bridgehead atoms. The normalized spacial score (nSPS) is 13.7. The Labute approximate surface area is 179 Å². The number of amides is 2. The number of carbonyl (C=O) groups is 2. The molecular formula is C25H33N3O2. The summed E-state index contributed by atoms with van der Waals surface area (Å²) in [5.74, 6) is 0.308. The van der Waals surface area contributed by atoms with Crippen molar-refractivity contribution in [3.8, 4) is 0 Å². The lowest BCUT2D eigenvalue weighted by molar-refractivity contribution is -0.133. The second-order valence-corrected chi connectivity index (χ2v) is 9.15. The van der Waals surface area contributed by atoms with Gasteiger partial charge in [0.05, 0.1) is 0 Å². The van der Waals surface area contributed by atoms with Gasteiger partial charge in [-0.2, -0.15) is 0 Å². The highest BCUT2D eigenvalue weighted by molar-refractivity contribution is 6.04. The summed E-state index contributed by atoms with van der Waals surface area (Å²) in [6, 6.07) is 15.4. The Kier molecular flexibility index (Phi) is 6.93. The van der Waals surface area contributed by atoms with Gasteiger partial charge in [-0.3, -0.25) is 9.59 Å². The van der Waals surface area contributed by atoms with Gasteiger partial charge >= 0.3 is 0 Å². The van der Waals surface area contributed by atoms with Gasteiger partial charge in [0, 0.05) is 30.3 Å². The van der Waals surface area contributed by atoms with Crippen molar-refractivity contribution >= 4 is 17.5 Å². The predicted octanol–water partition coefficient (Wildman–Crippen LogP) is 4.32. The van der Waals surface area contributed by atoms with E-state index >= 15 is 0 Å². The predicted molar refractivity (Wildman–Crippen MR) is 121 cm³/mol. The molecule has 3 rings (SSSR count). The second-order valence-electron chi connectivity index (χ2n) is 9.15. The number of hydrogen-bond donors (Lipinski definition) is 2. The van der Waals surface area contributed by atoms with E-state index in [1.165, 1.54) is 5.56 Å². The van der Waals surface area contributed by atoms with Gasteiger partial charge < -0.3 is 16.0 Å². The first-order chi connectivity index (χ1) is 14.3. The fraction of sp³-hybridized carbons (Fsp3) is 0.440. The van der Waals surface area contributed by atoms with E-state index in [2.05, 4.69) is 26.1 Å². The standard InChI is InChI=1S/C25H33N3O2/c1-25(2,3)21-11-9-19(10-12-21)23(29)27-22-13-5-18(6-14-22)17-28(16-4-15-26)24(30)20-7-8-20/h5-6,9-14,20H,4,7-8,15-17,26H2,1-3H3,(H,27,29). The number of nitrogens with one attached hydrogen (secondary N) is 1. The number of nitrogens with zero attached hydrogens (tertiary/aromatic N) is 1. The molecule has 0 aliphatic heterocycles. The number of benzene rings is 2. The Morgan fingerprint density at radius 1 is 1.03 bits per heavy atom. The van der Waals surface area contributed by atoms with Crippen LogP contribution in [0.3, 0.4) is 0 Å². The molecule has 0 spiro atoms. The number of carbonyl (C=O) groups excluding carboxylic acids is 2. The maximum atomic E-state index is 12.6. The van der Waals surface area contributed by atoms with Crippen LogP contribution in [0.5, 0.6) is 0 Å². The first-order valence-corrected chi connectivity index (χ1v) is 10.8. The van der Waals surface area contributed by atoms with E-state index in [9.17, 15) is 9.59 Å². The van der Waals surface area contributed by atoms with E-state index in [-0.39, 0.29) is 23.1 Å². The average molecular weight is 408 g/mol. The number of nitrogens with two attached hydrogens (primary N) is 1. The minimum atomic E-state index is -0.128. The summed E-state index contributed by atoms with van der Waals surface area (Å²) in [5.41, 5.74) is 9.31. The summed E-state index contributed by atoms with van der Waals surface area (Å²) >= 11 is 0. The van der Waals surface area contributed by atoms with Crippen molar-refractivity contribution in [2.75, 3.05) is 18.4 Å². The third-order valence-corrected chi connectivity index (χ3v) is 5.47. The summed E-state index contributed by atoms with van der Waals surface area (Å²) in [4.78, 5) is 27.0. The Balaban J connectivity index is 1.60. The molecule has 1 fully saturated rings. The fourth-order valence-corrected chi connectivity index (χ4v) is 3.38. The van der Waals surface area contributed by atoms with Gasteiger partial charge in [0.1, 0.15) is 0 Å². The molecule has 0 heterocycles. The lowest BCUT2D eigenvalue weighted by Gasteiger charge is -2.23. The lowest BCUT2D eigenvalue weighted by atomic mass is 9.87. The summed E-state index contributed by atoms with van der Waals surface area (Å²) < 4.78 is 0. The zero-order valence-electron chi connectivity index (χ0n) is 18.3. The van der Waals surface area contributed by atoms with E-state index in [0.717, 1.165) is 30.5 Å². The highest BCUT2D eigenvalue weighted by Crippen LogP contribution is 2.31. The van der Waals surface area contributed by atoms with Gasteiger partial charge in [-0.05, 0) is 66.6 Å². The number of hydrogen-bond acceptors (Lipinski definition) is 3. The minimum Gasteiger partial charge on any atom is -0.338 e. The zero-order chi connectivity index (χ0) is 21.7. The van der Waals surface area contributed by atoms with Gasteiger partial charge in [-0.15, -0.1) is 0 Å². The van der Waals surface area contributed by atoms with Crippen LogP contribution in [-0.2, 0) is 16.8 Å². The molecule has 5 heteroatoms. The molecule has 30 heavy (non-hydrogen) atoms. The van der Waals surface area contributed by atoms with Crippen LogP contribution in [-0.4, -0.2) is 29.8 Å². The molecule has 1 aliphatic carbocycles. The van der Waals surface area contributed by atoms with Crippen molar-refractivity contribution in [3.63, 3.8) is 0 Å². The van der Waals surface area contributed by atoms with E-state index in [1.807, 2.05) is 53.4 Å². The van der Waals surface area contributed by atoms with Crippen molar-refractivity contribution < 1.29 is 9.59 Å². The molecule has 0 radical (unpaired) electrons. The molecule has 2 aromatic carbocycles. The first-order valence-electron chi connectivity index (χ1n) is 10.8. The first kappa shape index (κ1) is 22.0. The monoisotopic (exact) mass is 407 g/mol. The van der Waals surface area contributed by atoms with Gasteiger partial charge in [-0.25, -0.2) is 0 Å². The molecule has 0 saturated heterocycles. The van der Waals surface area contributed by atoms with E-state index in [1.54, 1.807) is 0 Å². The highest BCUT2D eigenvalue weighted by atomic mass is 16.2. The SMILES string of the molecule is CC(C)(C)c1ccc(C(=O)Nc2ccc(CN(CCCN)C(=O)C3CC3)cc2)cc1. The Bertz CT molecular complexity index is 863. The van der Waals surface area contributed by atoms with Crippen LogP contribution in [0.2, 0.25) is 0 Å². The number of anilines is 1. The van der Waals surface area contributed by atoms with Crippen molar-refractivity contribution in [1.82, 2.24) is 4.90 Å². The van der Waals surface area contributed by atoms with Crippen LogP contribution >= 0.6 is 0 Å². The van der Waals surface area contributed by atoms with Crippen molar-refractivity contribution in [1.29, 1.82) is 0 Å². The molecule has 1 saturated carbocycles. The minimum absolute atomic E-state index is 0.0593. The van der Waals surface area contributed by atoms with Crippen LogP contribution in [0, 0.1) is 5.92 Å². The third-order valence-electron chi connectivity index (χ3n) is 5.47. The van der Waals surface area contributed by atoms with E-state index in [0.29, 0.717) is 25.2 Å². The number of rotatable bonds is 8. The van der Waals surface area contributed by atoms with Crippen LogP contribution < -0.4 is 11.1 Å². The Morgan fingerprint density at radius 2 is 1.67 bits per heavy atom.